The highest BCUT2D eigenvalue weighted by molar-refractivity contribution is 6.08. The SMILES string of the molecule is C#CCNC(=O)c1ccccc1NC(=O)c1cc(=O)c2ccccc2o1. The van der Waals surface area contributed by atoms with Crippen LogP contribution in [0, 0.1) is 12.3 Å². The Bertz CT molecular complexity index is 1090. The van der Waals surface area contributed by atoms with Crippen molar-refractivity contribution >= 4 is 28.5 Å². The molecule has 1 heterocycles. The van der Waals surface area contributed by atoms with Gasteiger partial charge >= 0.3 is 0 Å². The number of para-hydroxylation sites is 2. The number of terminal acetylenes is 1. The lowest BCUT2D eigenvalue weighted by Crippen LogP contribution is -2.25. The molecule has 2 amide bonds. The minimum atomic E-state index is -0.634. The molecule has 0 atom stereocenters. The van der Waals surface area contributed by atoms with Gasteiger partial charge in [-0.1, -0.05) is 30.2 Å². The number of anilines is 1. The van der Waals surface area contributed by atoms with Crippen LogP contribution in [-0.2, 0) is 0 Å². The van der Waals surface area contributed by atoms with E-state index in [1.165, 1.54) is 0 Å². The highest BCUT2D eigenvalue weighted by Gasteiger charge is 2.16. The molecular formula is C20H14N2O4. The van der Waals surface area contributed by atoms with E-state index in [1.807, 2.05) is 0 Å². The first-order chi connectivity index (χ1) is 12.6. The lowest BCUT2D eigenvalue weighted by atomic mass is 10.1. The summed E-state index contributed by atoms with van der Waals surface area (Å²) in [6, 6.07) is 14.2. The fourth-order valence-electron chi connectivity index (χ4n) is 2.42. The third-order valence-corrected chi connectivity index (χ3v) is 3.63. The van der Waals surface area contributed by atoms with E-state index in [0.29, 0.717) is 11.0 Å². The minimum Gasteiger partial charge on any atom is -0.451 e. The van der Waals surface area contributed by atoms with Crippen LogP contribution in [0.5, 0.6) is 0 Å². The highest BCUT2D eigenvalue weighted by atomic mass is 16.3. The third-order valence-electron chi connectivity index (χ3n) is 3.63. The lowest BCUT2D eigenvalue weighted by Gasteiger charge is -2.10. The van der Waals surface area contributed by atoms with Crippen LogP contribution in [0.25, 0.3) is 11.0 Å². The molecule has 0 fully saturated rings. The number of carbonyl (C=O) groups is 2. The molecule has 0 aliphatic rings. The van der Waals surface area contributed by atoms with Crippen LogP contribution in [0.2, 0.25) is 0 Å². The summed E-state index contributed by atoms with van der Waals surface area (Å²) in [5, 5.41) is 5.51. The van der Waals surface area contributed by atoms with E-state index in [-0.39, 0.29) is 29.0 Å². The van der Waals surface area contributed by atoms with Gasteiger partial charge < -0.3 is 15.1 Å². The summed E-state index contributed by atoms with van der Waals surface area (Å²) in [7, 11) is 0. The maximum absolute atomic E-state index is 12.5. The van der Waals surface area contributed by atoms with Gasteiger partial charge in [0.1, 0.15) is 5.58 Å². The van der Waals surface area contributed by atoms with Crippen molar-refractivity contribution in [2.75, 3.05) is 11.9 Å². The molecule has 2 aromatic carbocycles. The van der Waals surface area contributed by atoms with E-state index in [9.17, 15) is 14.4 Å². The normalized spacial score (nSPS) is 10.1. The minimum absolute atomic E-state index is 0.0701. The number of benzene rings is 2. The van der Waals surface area contributed by atoms with E-state index in [4.69, 9.17) is 10.8 Å². The molecule has 0 saturated carbocycles. The van der Waals surface area contributed by atoms with Crippen LogP contribution in [0.4, 0.5) is 5.69 Å². The number of hydrogen-bond donors (Lipinski definition) is 2. The molecule has 0 aliphatic carbocycles. The van der Waals surface area contributed by atoms with Crippen LogP contribution in [-0.4, -0.2) is 18.4 Å². The van der Waals surface area contributed by atoms with Gasteiger partial charge in [-0.05, 0) is 24.3 Å². The standard InChI is InChI=1S/C20H14N2O4/c1-2-11-21-19(24)13-7-3-5-9-15(13)22-20(25)18-12-16(23)14-8-4-6-10-17(14)26-18/h1,3-10,12H,11H2,(H,21,24)(H,22,25). The molecule has 0 spiro atoms. The summed E-state index contributed by atoms with van der Waals surface area (Å²) >= 11 is 0. The molecule has 26 heavy (non-hydrogen) atoms. The van der Waals surface area contributed by atoms with Crippen molar-refractivity contribution in [1.82, 2.24) is 5.32 Å². The summed E-state index contributed by atoms with van der Waals surface area (Å²) in [5.74, 6) is 1.11. The Kier molecular flexibility index (Phi) is 4.81. The number of amides is 2. The zero-order chi connectivity index (χ0) is 18.5. The van der Waals surface area contributed by atoms with E-state index in [0.717, 1.165) is 6.07 Å². The topological polar surface area (TPSA) is 88.4 Å². The molecule has 6 heteroatoms. The van der Waals surface area contributed by atoms with Crippen LogP contribution in [0.15, 0.2) is 63.8 Å². The van der Waals surface area contributed by atoms with Crippen LogP contribution in [0.1, 0.15) is 20.9 Å². The van der Waals surface area contributed by atoms with Crippen molar-refractivity contribution < 1.29 is 14.0 Å². The zero-order valence-electron chi connectivity index (χ0n) is 13.6. The van der Waals surface area contributed by atoms with Gasteiger partial charge in [0.15, 0.2) is 11.2 Å². The molecule has 0 radical (unpaired) electrons. The van der Waals surface area contributed by atoms with Gasteiger partial charge in [-0.2, -0.15) is 0 Å². The Balaban J connectivity index is 1.91. The molecule has 128 valence electrons. The lowest BCUT2D eigenvalue weighted by molar-refractivity contribution is 0.0959. The van der Waals surface area contributed by atoms with E-state index >= 15 is 0 Å². The summed E-state index contributed by atoms with van der Waals surface area (Å²) < 4.78 is 5.50. The van der Waals surface area contributed by atoms with Crippen molar-refractivity contribution in [3.8, 4) is 12.3 Å². The van der Waals surface area contributed by atoms with Crippen LogP contribution >= 0.6 is 0 Å². The second kappa shape index (κ2) is 7.36. The van der Waals surface area contributed by atoms with Gasteiger partial charge in [0.2, 0.25) is 0 Å². The van der Waals surface area contributed by atoms with Crippen molar-refractivity contribution in [3.63, 3.8) is 0 Å². The van der Waals surface area contributed by atoms with E-state index in [2.05, 4.69) is 16.6 Å². The first kappa shape index (κ1) is 17.0. The van der Waals surface area contributed by atoms with Crippen molar-refractivity contribution in [1.29, 1.82) is 0 Å². The van der Waals surface area contributed by atoms with Gasteiger partial charge in [-0.15, -0.1) is 6.42 Å². The Hall–Kier alpha value is -3.85. The maximum Gasteiger partial charge on any atom is 0.291 e. The fraction of sp³-hybridized carbons (Fsp3) is 0.0500. The van der Waals surface area contributed by atoms with Gasteiger partial charge in [-0.3, -0.25) is 14.4 Å². The first-order valence-electron chi connectivity index (χ1n) is 7.75. The second-order valence-electron chi connectivity index (χ2n) is 5.36. The fourth-order valence-corrected chi connectivity index (χ4v) is 2.42. The number of rotatable bonds is 4. The average Bonchev–Trinajstić information content (AvgIpc) is 2.66. The maximum atomic E-state index is 12.5. The summed E-state index contributed by atoms with van der Waals surface area (Å²) in [4.78, 5) is 36.8. The molecule has 3 aromatic rings. The van der Waals surface area contributed by atoms with E-state index in [1.54, 1.807) is 48.5 Å². The average molecular weight is 346 g/mol. The van der Waals surface area contributed by atoms with Gasteiger partial charge in [0.25, 0.3) is 11.8 Å². The van der Waals surface area contributed by atoms with Crippen LogP contribution < -0.4 is 16.1 Å². The molecule has 2 N–H and O–H groups in total. The molecule has 3 rings (SSSR count). The largest absolute Gasteiger partial charge is 0.451 e. The first-order valence-corrected chi connectivity index (χ1v) is 7.75. The van der Waals surface area contributed by atoms with Crippen molar-refractivity contribution in [2.24, 2.45) is 0 Å². The predicted molar refractivity (Wildman–Crippen MR) is 98.0 cm³/mol. The molecule has 0 unspecified atom stereocenters. The molecule has 6 nitrogen and oxygen atoms in total. The molecule has 0 aliphatic heterocycles. The Morgan fingerprint density at radius 2 is 1.77 bits per heavy atom. The smallest absolute Gasteiger partial charge is 0.291 e. The quantitative estimate of drug-likeness (QED) is 0.710. The number of fused-ring (bicyclic) bond motifs is 1. The molecule has 0 bridgehead atoms. The Morgan fingerprint density at radius 3 is 2.58 bits per heavy atom. The highest BCUT2D eigenvalue weighted by Crippen LogP contribution is 2.17. The number of carbonyl (C=O) groups excluding carboxylic acids is 2. The van der Waals surface area contributed by atoms with Gasteiger partial charge in [-0.25, -0.2) is 0 Å². The van der Waals surface area contributed by atoms with Gasteiger partial charge in [0.05, 0.1) is 23.2 Å². The molecule has 1 aromatic heterocycles. The van der Waals surface area contributed by atoms with Gasteiger partial charge in [0, 0.05) is 6.07 Å². The summed E-state index contributed by atoms with van der Waals surface area (Å²) in [5.41, 5.74) is 0.518. The predicted octanol–water partition coefficient (Wildman–Crippen LogP) is 2.41. The number of hydrogen-bond acceptors (Lipinski definition) is 4. The van der Waals surface area contributed by atoms with E-state index < -0.39 is 11.8 Å². The summed E-state index contributed by atoms with van der Waals surface area (Å²) in [6.45, 7) is 0.0701. The molecular weight excluding hydrogens is 332 g/mol. The van der Waals surface area contributed by atoms with Crippen molar-refractivity contribution in [3.05, 3.63) is 76.1 Å². The monoisotopic (exact) mass is 346 g/mol. The number of nitrogens with one attached hydrogen (secondary N) is 2. The molecule has 0 saturated heterocycles. The Morgan fingerprint density at radius 1 is 1.04 bits per heavy atom. The third kappa shape index (κ3) is 3.47. The van der Waals surface area contributed by atoms with Crippen molar-refractivity contribution in [2.45, 2.75) is 0 Å². The van der Waals surface area contributed by atoms with Crippen LogP contribution in [0.3, 0.4) is 0 Å². The Labute approximate surface area is 148 Å². The second-order valence-corrected chi connectivity index (χ2v) is 5.36. The summed E-state index contributed by atoms with van der Waals surface area (Å²) in [6.07, 6.45) is 5.13. The zero-order valence-corrected chi connectivity index (χ0v) is 13.6.